The second-order valence-corrected chi connectivity index (χ2v) is 3.65. The van der Waals surface area contributed by atoms with E-state index in [0.717, 1.165) is 18.8 Å². The van der Waals surface area contributed by atoms with Crippen LogP contribution in [0.3, 0.4) is 0 Å². The molecule has 1 N–H and O–H groups in total. The first-order valence-corrected chi connectivity index (χ1v) is 3.39. The molecule has 46 valence electrons. The molecule has 2 aliphatic rings. The van der Waals surface area contributed by atoms with E-state index in [1.54, 1.807) is 0 Å². The van der Waals surface area contributed by atoms with Crippen molar-refractivity contribution >= 4 is 0 Å². The van der Waals surface area contributed by atoms with E-state index in [4.69, 9.17) is 5.11 Å². The summed E-state index contributed by atoms with van der Waals surface area (Å²) in [7, 11) is 0. The van der Waals surface area contributed by atoms with Gasteiger partial charge < -0.3 is 5.11 Å². The molecule has 0 bridgehead atoms. The van der Waals surface area contributed by atoms with Gasteiger partial charge in [0, 0.05) is 0 Å². The van der Waals surface area contributed by atoms with Gasteiger partial charge in [-0.25, -0.2) is 0 Å². The largest absolute Gasteiger partial charge is 0.393 e. The van der Waals surface area contributed by atoms with Crippen LogP contribution in [0.4, 0.5) is 0 Å². The maximum atomic E-state index is 9.10. The van der Waals surface area contributed by atoms with Gasteiger partial charge in [0.05, 0.1) is 6.10 Å². The molecular weight excluding hydrogens is 100 g/mol. The van der Waals surface area contributed by atoms with Crippen LogP contribution in [0, 0.1) is 11.3 Å². The first-order chi connectivity index (χ1) is 3.71. The van der Waals surface area contributed by atoms with Crippen LogP contribution in [0.2, 0.25) is 0 Å². The number of aliphatic hydroxyl groups excluding tert-OH is 1. The van der Waals surface area contributed by atoms with E-state index in [9.17, 15) is 0 Å². The van der Waals surface area contributed by atoms with Crippen molar-refractivity contribution < 1.29 is 5.11 Å². The lowest BCUT2D eigenvalue weighted by molar-refractivity contribution is 0.160. The van der Waals surface area contributed by atoms with Gasteiger partial charge in [0.2, 0.25) is 0 Å². The zero-order valence-electron chi connectivity index (χ0n) is 5.22. The highest BCUT2D eigenvalue weighted by Crippen LogP contribution is 2.62. The normalized spacial score (nSPS) is 60.8. The average Bonchev–Trinajstić information content (AvgIpc) is 2.07. The highest BCUT2D eigenvalue weighted by atomic mass is 16.3. The summed E-state index contributed by atoms with van der Waals surface area (Å²) in [6, 6.07) is 0. The number of hydrogen-bond acceptors (Lipinski definition) is 1. The quantitative estimate of drug-likeness (QED) is 0.498. The average molecular weight is 112 g/mol. The molecular formula is C7H12O. The molecule has 0 radical (unpaired) electrons. The van der Waals surface area contributed by atoms with Crippen molar-refractivity contribution in [3.8, 4) is 0 Å². The highest BCUT2D eigenvalue weighted by Gasteiger charge is 2.56. The van der Waals surface area contributed by atoms with Crippen LogP contribution in [0.15, 0.2) is 0 Å². The van der Waals surface area contributed by atoms with Crippen LogP contribution in [-0.4, -0.2) is 11.2 Å². The molecule has 0 unspecified atom stereocenters. The number of hydrogen-bond donors (Lipinski definition) is 1. The Balaban J connectivity index is 2.10. The fourth-order valence-electron chi connectivity index (χ4n) is 2.07. The van der Waals surface area contributed by atoms with E-state index in [-0.39, 0.29) is 6.10 Å². The second kappa shape index (κ2) is 1.10. The Morgan fingerprint density at radius 1 is 1.50 bits per heavy atom. The lowest BCUT2D eigenvalue weighted by Gasteiger charge is -2.03. The van der Waals surface area contributed by atoms with Crippen molar-refractivity contribution in [2.75, 3.05) is 0 Å². The molecule has 2 rings (SSSR count). The summed E-state index contributed by atoms with van der Waals surface area (Å²) >= 11 is 0. The molecule has 0 aromatic heterocycles. The zero-order valence-corrected chi connectivity index (χ0v) is 5.22. The van der Waals surface area contributed by atoms with Crippen LogP contribution < -0.4 is 0 Å². The summed E-state index contributed by atoms with van der Waals surface area (Å²) in [4.78, 5) is 0. The van der Waals surface area contributed by atoms with Crippen LogP contribution in [0.25, 0.3) is 0 Å². The molecule has 0 aliphatic heterocycles. The molecule has 8 heavy (non-hydrogen) atoms. The fraction of sp³-hybridized carbons (Fsp3) is 1.00. The van der Waals surface area contributed by atoms with Crippen LogP contribution in [0.5, 0.6) is 0 Å². The first-order valence-electron chi connectivity index (χ1n) is 3.39. The Bertz CT molecular complexity index is 122. The number of aliphatic hydroxyl groups is 1. The Kier molecular flexibility index (Phi) is 0.663. The smallest absolute Gasteiger partial charge is 0.0548 e. The monoisotopic (exact) mass is 112 g/mol. The van der Waals surface area contributed by atoms with Gasteiger partial charge in [0.1, 0.15) is 0 Å². The topological polar surface area (TPSA) is 20.2 Å². The minimum absolute atomic E-state index is 0.0405. The predicted molar refractivity (Wildman–Crippen MR) is 31.5 cm³/mol. The van der Waals surface area contributed by atoms with Crippen molar-refractivity contribution in [1.29, 1.82) is 0 Å². The van der Waals surface area contributed by atoms with E-state index in [0.29, 0.717) is 5.41 Å². The lowest BCUT2D eigenvalue weighted by atomic mass is 10.1. The zero-order chi connectivity index (χ0) is 5.78. The highest BCUT2D eigenvalue weighted by molar-refractivity contribution is 5.06. The molecule has 2 fully saturated rings. The van der Waals surface area contributed by atoms with Gasteiger partial charge in [-0.05, 0) is 30.6 Å². The Labute approximate surface area is 49.7 Å². The molecule has 0 heterocycles. The summed E-state index contributed by atoms with van der Waals surface area (Å²) in [6.45, 7) is 2.29. The van der Waals surface area contributed by atoms with E-state index < -0.39 is 0 Å². The molecule has 2 aliphatic carbocycles. The summed E-state index contributed by atoms with van der Waals surface area (Å²) in [6.07, 6.45) is 3.57. The van der Waals surface area contributed by atoms with Gasteiger partial charge in [-0.15, -0.1) is 0 Å². The summed E-state index contributed by atoms with van der Waals surface area (Å²) in [5.74, 6) is 0.887. The van der Waals surface area contributed by atoms with Crippen LogP contribution in [0.1, 0.15) is 26.2 Å². The fourth-order valence-corrected chi connectivity index (χ4v) is 2.07. The predicted octanol–water partition coefficient (Wildman–Crippen LogP) is 1.17. The summed E-state index contributed by atoms with van der Waals surface area (Å²) in [5, 5.41) is 9.10. The van der Waals surface area contributed by atoms with E-state index >= 15 is 0 Å². The van der Waals surface area contributed by atoms with E-state index in [2.05, 4.69) is 6.92 Å². The minimum Gasteiger partial charge on any atom is -0.393 e. The molecule has 0 aromatic carbocycles. The van der Waals surface area contributed by atoms with Crippen molar-refractivity contribution in [2.24, 2.45) is 11.3 Å². The first kappa shape index (κ1) is 4.80. The molecule has 0 amide bonds. The van der Waals surface area contributed by atoms with Gasteiger partial charge in [-0.3, -0.25) is 0 Å². The van der Waals surface area contributed by atoms with Crippen LogP contribution >= 0.6 is 0 Å². The number of rotatable bonds is 0. The van der Waals surface area contributed by atoms with E-state index in [1.165, 1.54) is 6.42 Å². The summed E-state index contributed by atoms with van der Waals surface area (Å²) < 4.78 is 0. The van der Waals surface area contributed by atoms with Crippen molar-refractivity contribution in [1.82, 2.24) is 0 Å². The standard InChI is InChI=1S/C7H12O/c1-7-3-5(7)2-6(8)4-7/h5-6,8H,2-4H2,1H3/t5-,6-,7-/m1/s1. The van der Waals surface area contributed by atoms with Crippen molar-refractivity contribution in [3.63, 3.8) is 0 Å². The maximum Gasteiger partial charge on any atom is 0.0548 e. The van der Waals surface area contributed by atoms with Gasteiger partial charge in [-0.1, -0.05) is 6.92 Å². The SMILES string of the molecule is C[C@@]12C[C@H](O)C[C@@H]1C2. The van der Waals surface area contributed by atoms with Gasteiger partial charge in [0.15, 0.2) is 0 Å². The van der Waals surface area contributed by atoms with Gasteiger partial charge >= 0.3 is 0 Å². The number of fused-ring (bicyclic) bond motifs is 1. The van der Waals surface area contributed by atoms with Crippen molar-refractivity contribution in [3.05, 3.63) is 0 Å². The molecule has 3 atom stereocenters. The van der Waals surface area contributed by atoms with E-state index in [1.807, 2.05) is 0 Å². The lowest BCUT2D eigenvalue weighted by Crippen LogP contribution is -2.03. The third kappa shape index (κ3) is 0.455. The molecule has 1 nitrogen and oxygen atoms in total. The van der Waals surface area contributed by atoms with Gasteiger partial charge in [-0.2, -0.15) is 0 Å². The third-order valence-corrected chi connectivity index (χ3v) is 2.80. The van der Waals surface area contributed by atoms with Crippen LogP contribution in [-0.2, 0) is 0 Å². The minimum atomic E-state index is 0.0405. The van der Waals surface area contributed by atoms with Gasteiger partial charge in [0.25, 0.3) is 0 Å². The maximum absolute atomic E-state index is 9.10. The second-order valence-electron chi connectivity index (χ2n) is 3.65. The molecule has 0 saturated heterocycles. The molecule has 1 heteroatoms. The Morgan fingerprint density at radius 2 is 2.25 bits per heavy atom. The third-order valence-electron chi connectivity index (χ3n) is 2.80. The Morgan fingerprint density at radius 3 is 2.50 bits per heavy atom. The molecule has 2 saturated carbocycles. The molecule has 0 spiro atoms. The van der Waals surface area contributed by atoms with Crippen molar-refractivity contribution in [2.45, 2.75) is 32.3 Å². The summed E-state index contributed by atoms with van der Waals surface area (Å²) in [5.41, 5.74) is 0.583. The Hall–Kier alpha value is -0.0400. The molecule has 0 aromatic rings.